The van der Waals surface area contributed by atoms with Crippen molar-refractivity contribution in [2.24, 2.45) is 0 Å². The van der Waals surface area contributed by atoms with Gasteiger partial charge >= 0.3 is 0 Å². The minimum Gasteiger partial charge on any atom is -0.496 e. The third-order valence-electron chi connectivity index (χ3n) is 4.19. The first-order chi connectivity index (χ1) is 11.4. The number of benzene rings is 2. The molecule has 128 valence electrons. The van der Waals surface area contributed by atoms with E-state index >= 15 is 0 Å². The van der Waals surface area contributed by atoms with Gasteiger partial charge in [-0.25, -0.2) is 0 Å². The molecule has 0 bridgehead atoms. The summed E-state index contributed by atoms with van der Waals surface area (Å²) in [5, 5.41) is 2.98. The molecule has 24 heavy (non-hydrogen) atoms. The van der Waals surface area contributed by atoms with Gasteiger partial charge < -0.3 is 14.8 Å². The number of amides is 1. The van der Waals surface area contributed by atoms with Gasteiger partial charge in [0.05, 0.1) is 13.2 Å². The Morgan fingerprint density at radius 3 is 2.38 bits per heavy atom. The van der Waals surface area contributed by atoms with E-state index in [2.05, 4.69) is 5.32 Å². The van der Waals surface area contributed by atoms with Crippen molar-refractivity contribution in [2.75, 3.05) is 7.11 Å². The summed E-state index contributed by atoms with van der Waals surface area (Å²) < 4.78 is 11.2. The quantitative estimate of drug-likeness (QED) is 0.874. The van der Waals surface area contributed by atoms with Crippen molar-refractivity contribution in [3.63, 3.8) is 0 Å². The van der Waals surface area contributed by atoms with Crippen LogP contribution in [-0.2, 0) is 4.79 Å². The Kier molecular flexibility index (Phi) is 5.85. The second-order valence-electron chi connectivity index (χ2n) is 5.93. The molecule has 2 rings (SSSR count). The summed E-state index contributed by atoms with van der Waals surface area (Å²) in [6.45, 7) is 7.70. The maximum absolute atomic E-state index is 12.5. The summed E-state index contributed by atoms with van der Waals surface area (Å²) in [7, 11) is 1.62. The fourth-order valence-corrected chi connectivity index (χ4v) is 2.53. The molecule has 0 aliphatic rings. The Morgan fingerprint density at radius 1 is 1.00 bits per heavy atom. The van der Waals surface area contributed by atoms with Gasteiger partial charge in [-0.2, -0.15) is 0 Å². The predicted molar refractivity (Wildman–Crippen MR) is 95.6 cm³/mol. The van der Waals surface area contributed by atoms with E-state index in [1.807, 2.05) is 63.2 Å². The van der Waals surface area contributed by atoms with Gasteiger partial charge in [-0.1, -0.05) is 30.3 Å². The Labute approximate surface area is 143 Å². The Hall–Kier alpha value is -2.49. The molecule has 0 radical (unpaired) electrons. The summed E-state index contributed by atoms with van der Waals surface area (Å²) in [4.78, 5) is 12.5. The molecule has 0 heterocycles. The number of carbonyl (C=O) groups excluding carboxylic acids is 1. The van der Waals surface area contributed by atoms with Crippen molar-refractivity contribution in [1.29, 1.82) is 0 Å². The summed E-state index contributed by atoms with van der Waals surface area (Å²) >= 11 is 0. The lowest BCUT2D eigenvalue weighted by molar-refractivity contribution is -0.127. The van der Waals surface area contributed by atoms with Crippen LogP contribution in [0.15, 0.2) is 42.5 Å². The number of methoxy groups -OCH3 is 1. The fraction of sp³-hybridized carbons (Fsp3) is 0.350. The fourth-order valence-electron chi connectivity index (χ4n) is 2.53. The zero-order valence-electron chi connectivity index (χ0n) is 14.9. The second kappa shape index (κ2) is 7.86. The topological polar surface area (TPSA) is 47.6 Å². The summed E-state index contributed by atoms with van der Waals surface area (Å²) in [6.07, 6.45) is -0.581. The number of carbonyl (C=O) groups is 1. The van der Waals surface area contributed by atoms with Gasteiger partial charge in [0.2, 0.25) is 0 Å². The van der Waals surface area contributed by atoms with Gasteiger partial charge in [0.25, 0.3) is 5.91 Å². The number of aryl methyl sites for hydroxylation is 1. The molecule has 1 N–H and O–H groups in total. The minimum absolute atomic E-state index is 0.158. The van der Waals surface area contributed by atoms with Crippen molar-refractivity contribution < 1.29 is 14.3 Å². The average molecular weight is 327 g/mol. The normalized spacial score (nSPS) is 13.0. The number of nitrogens with one attached hydrogen (secondary N) is 1. The van der Waals surface area contributed by atoms with Gasteiger partial charge in [0.1, 0.15) is 11.5 Å². The van der Waals surface area contributed by atoms with Crippen LogP contribution in [-0.4, -0.2) is 19.1 Å². The van der Waals surface area contributed by atoms with Crippen molar-refractivity contribution >= 4 is 5.91 Å². The van der Waals surface area contributed by atoms with Crippen molar-refractivity contribution in [3.05, 3.63) is 59.2 Å². The summed E-state index contributed by atoms with van der Waals surface area (Å²) in [5.74, 6) is 1.34. The average Bonchev–Trinajstić information content (AvgIpc) is 2.58. The highest BCUT2D eigenvalue weighted by Crippen LogP contribution is 2.25. The van der Waals surface area contributed by atoms with Crippen LogP contribution in [0, 0.1) is 13.8 Å². The molecule has 0 spiro atoms. The highest BCUT2D eigenvalue weighted by molar-refractivity contribution is 5.81. The molecule has 4 nitrogen and oxygen atoms in total. The lowest BCUT2D eigenvalue weighted by Crippen LogP contribution is -2.38. The molecule has 0 aliphatic carbocycles. The van der Waals surface area contributed by atoms with E-state index in [0.717, 1.165) is 28.2 Å². The van der Waals surface area contributed by atoms with E-state index in [-0.39, 0.29) is 11.9 Å². The summed E-state index contributed by atoms with van der Waals surface area (Å²) in [5.41, 5.74) is 3.13. The van der Waals surface area contributed by atoms with E-state index in [0.29, 0.717) is 0 Å². The number of para-hydroxylation sites is 1. The van der Waals surface area contributed by atoms with Crippen LogP contribution < -0.4 is 14.8 Å². The Bertz CT molecular complexity index is 712. The Balaban J connectivity index is 2.04. The molecule has 0 aromatic heterocycles. The largest absolute Gasteiger partial charge is 0.496 e. The number of hydrogen-bond acceptors (Lipinski definition) is 3. The first-order valence-electron chi connectivity index (χ1n) is 8.10. The second-order valence-corrected chi connectivity index (χ2v) is 5.93. The maximum atomic E-state index is 12.5. The number of rotatable bonds is 6. The van der Waals surface area contributed by atoms with Gasteiger partial charge in [-0.3, -0.25) is 4.79 Å². The van der Waals surface area contributed by atoms with Crippen LogP contribution in [0.25, 0.3) is 0 Å². The third kappa shape index (κ3) is 4.07. The van der Waals surface area contributed by atoms with E-state index in [1.54, 1.807) is 14.0 Å². The van der Waals surface area contributed by atoms with E-state index in [9.17, 15) is 4.79 Å². The minimum atomic E-state index is -0.581. The Morgan fingerprint density at radius 2 is 1.67 bits per heavy atom. The first kappa shape index (κ1) is 17.9. The van der Waals surface area contributed by atoms with Crippen LogP contribution in [0.1, 0.15) is 36.6 Å². The molecule has 4 heteroatoms. The molecule has 0 saturated carbocycles. The lowest BCUT2D eigenvalue weighted by Gasteiger charge is -2.21. The zero-order valence-corrected chi connectivity index (χ0v) is 14.9. The molecular weight excluding hydrogens is 302 g/mol. The standard InChI is InChI=1S/C20H25NO3/c1-13-9-8-12-18(14(13)2)24-16(4)20(22)21-15(3)17-10-6-7-11-19(17)23-5/h6-12,15-16H,1-5H3,(H,21,22)/t15-,16+/m0/s1. The molecule has 0 fully saturated rings. The molecule has 2 aromatic rings. The SMILES string of the molecule is COc1ccccc1[C@H](C)NC(=O)[C@@H](C)Oc1cccc(C)c1C. The van der Waals surface area contributed by atoms with E-state index < -0.39 is 6.10 Å². The van der Waals surface area contributed by atoms with Gasteiger partial charge in [0.15, 0.2) is 6.10 Å². The van der Waals surface area contributed by atoms with Crippen LogP contribution in [0.4, 0.5) is 0 Å². The lowest BCUT2D eigenvalue weighted by atomic mass is 10.1. The van der Waals surface area contributed by atoms with E-state index in [1.165, 1.54) is 0 Å². The van der Waals surface area contributed by atoms with Crippen LogP contribution in [0.2, 0.25) is 0 Å². The third-order valence-corrected chi connectivity index (χ3v) is 4.19. The monoisotopic (exact) mass is 327 g/mol. The van der Waals surface area contributed by atoms with E-state index in [4.69, 9.17) is 9.47 Å². The smallest absolute Gasteiger partial charge is 0.261 e. The molecule has 0 saturated heterocycles. The zero-order chi connectivity index (χ0) is 17.7. The highest BCUT2D eigenvalue weighted by Gasteiger charge is 2.20. The highest BCUT2D eigenvalue weighted by atomic mass is 16.5. The van der Waals surface area contributed by atoms with Gasteiger partial charge in [-0.05, 0) is 51.0 Å². The molecule has 1 amide bonds. The van der Waals surface area contributed by atoms with Gasteiger partial charge in [0, 0.05) is 5.56 Å². The molecule has 2 atom stereocenters. The van der Waals surface area contributed by atoms with Crippen molar-refractivity contribution in [3.8, 4) is 11.5 Å². The van der Waals surface area contributed by atoms with Crippen LogP contribution in [0.3, 0.4) is 0 Å². The van der Waals surface area contributed by atoms with Gasteiger partial charge in [-0.15, -0.1) is 0 Å². The van der Waals surface area contributed by atoms with Crippen LogP contribution in [0.5, 0.6) is 11.5 Å². The predicted octanol–water partition coefficient (Wildman–Crippen LogP) is 3.96. The maximum Gasteiger partial charge on any atom is 0.261 e. The molecule has 0 aliphatic heterocycles. The summed E-state index contributed by atoms with van der Waals surface area (Å²) in [6, 6.07) is 13.3. The number of ether oxygens (including phenoxy) is 2. The molecule has 2 aromatic carbocycles. The number of hydrogen-bond donors (Lipinski definition) is 1. The molecular formula is C20H25NO3. The molecule has 0 unspecified atom stereocenters. The van der Waals surface area contributed by atoms with Crippen molar-refractivity contribution in [1.82, 2.24) is 5.32 Å². The van der Waals surface area contributed by atoms with Crippen LogP contribution >= 0.6 is 0 Å². The first-order valence-corrected chi connectivity index (χ1v) is 8.10. The van der Waals surface area contributed by atoms with Crippen molar-refractivity contribution in [2.45, 2.75) is 39.8 Å².